The standard InChI is InChI=1S/2C.2O.S. The molecule has 5 heavy (non-hydrogen) atoms. The molecule has 0 fully saturated rings. The highest BCUT2D eigenvalue weighted by Crippen LogP contribution is 0.648. The summed E-state index contributed by atoms with van der Waals surface area (Å²) >= 11 is 0. The van der Waals surface area contributed by atoms with Gasteiger partial charge in [0.1, 0.15) is 0 Å². The van der Waals surface area contributed by atoms with Crippen molar-refractivity contribution < 1.29 is 11.0 Å². The lowest BCUT2D eigenvalue weighted by atomic mass is 12.0. The first kappa shape index (κ1) is 1320. The SMILES string of the molecule is [C].[C].[O].[O].[S]. The maximum Gasteiger partial charge on any atom is 0 e. The summed E-state index contributed by atoms with van der Waals surface area (Å²) < 4.78 is 0. The van der Waals surface area contributed by atoms with Crippen LogP contribution < -0.4 is 0 Å². The molecule has 0 amide bonds. The summed E-state index contributed by atoms with van der Waals surface area (Å²) in [4.78, 5) is 0. The molecule has 0 spiro atoms. The predicted octanol–water partition coefficient (Wildman–Crippen LogP) is 0.573. The van der Waals surface area contributed by atoms with E-state index in [0.717, 1.165) is 0 Å². The Bertz CT molecular complexity index is 7.61. The normalized spacial score (nSPS) is 0. The van der Waals surface area contributed by atoms with Gasteiger partial charge in [-0.2, -0.15) is 0 Å². The lowest BCUT2D eigenvalue weighted by molar-refractivity contribution is 0.685. The Labute approximate surface area is 40.3 Å². The molecule has 0 aliphatic heterocycles. The van der Waals surface area contributed by atoms with E-state index in [1.165, 1.54) is 0 Å². The third-order valence-electron chi connectivity index (χ3n) is 0. The van der Waals surface area contributed by atoms with Crippen LogP contribution in [-0.4, -0.2) is 0 Å². The first-order chi connectivity index (χ1) is 0. The van der Waals surface area contributed by atoms with Crippen LogP contribution in [0.15, 0.2) is 0 Å². The van der Waals surface area contributed by atoms with Gasteiger partial charge in [0.15, 0.2) is 0 Å². The quantitative estimate of drug-likeness (QED) is 0.415. The van der Waals surface area contributed by atoms with Crippen molar-refractivity contribution in [3.8, 4) is 0 Å². The van der Waals surface area contributed by atoms with Crippen LogP contribution in [0.1, 0.15) is 0 Å². The first-order valence-corrected chi connectivity index (χ1v) is 0. The zero-order valence-electron chi connectivity index (χ0n) is 2.22. The van der Waals surface area contributed by atoms with Gasteiger partial charge in [0.05, 0.1) is 0 Å². The molecule has 0 aromatic rings. The molecular formula is C2O2S. The van der Waals surface area contributed by atoms with E-state index in [1.807, 2.05) is 0 Å². The maximum absolute atomic E-state index is 0. The average molecular weight is 88.1 g/mol. The van der Waals surface area contributed by atoms with Gasteiger partial charge in [-0.05, 0) is 0 Å². The number of rotatable bonds is 0. The predicted molar refractivity (Wildman–Crippen MR) is 15.4 cm³/mol. The van der Waals surface area contributed by atoms with Crippen LogP contribution in [0.2, 0.25) is 0 Å². The van der Waals surface area contributed by atoms with Gasteiger partial charge < -0.3 is 0 Å². The molecular weight excluding hydrogens is 88.1 g/mol. The number of hydrogen-bond acceptors (Lipinski definition) is 0. The lowest BCUT2D eigenvalue weighted by Gasteiger charge is -0.00100. The molecule has 0 N–H and O–H groups in total. The third kappa shape index (κ3) is 302. The summed E-state index contributed by atoms with van der Waals surface area (Å²) in [6.07, 6.45) is 0. The Balaban J connectivity index is 0. The van der Waals surface area contributed by atoms with E-state index in [0.29, 0.717) is 0 Å². The third-order valence-corrected chi connectivity index (χ3v) is 0. The van der Waals surface area contributed by atoms with Crippen molar-refractivity contribution in [1.82, 2.24) is 0 Å². The average Bonchev–Trinajstić information content (AvgIpc) is 0. The van der Waals surface area contributed by atoms with E-state index in [4.69, 9.17) is 0 Å². The van der Waals surface area contributed by atoms with Crippen molar-refractivity contribution in [3.63, 3.8) is 0 Å². The molecule has 0 aliphatic carbocycles. The molecule has 0 saturated carbocycles. The molecule has 14 radical (unpaired) electrons. The minimum atomic E-state index is 0. The molecule has 0 bridgehead atoms. The van der Waals surface area contributed by atoms with Gasteiger partial charge in [0, 0.05) is 39.3 Å². The van der Waals surface area contributed by atoms with Gasteiger partial charge in [-0.15, -0.1) is 0 Å². The maximum atomic E-state index is 0. The smallest absolute Gasteiger partial charge is 0 e. The Kier molecular flexibility index (Phi) is 165000. The van der Waals surface area contributed by atoms with E-state index in [-0.39, 0.29) is 39.3 Å². The Morgan fingerprint density at radius 2 is 0.600 bits per heavy atom. The van der Waals surface area contributed by atoms with Crippen LogP contribution in [0, 0.1) is 14.9 Å². The second kappa shape index (κ2) is 626. The van der Waals surface area contributed by atoms with Crippen LogP contribution in [0.5, 0.6) is 0 Å². The minimum Gasteiger partial charge on any atom is 0 e. The molecule has 0 unspecified atom stereocenters. The molecule has 26 valence electrons. The summed E-state index contributed by atoms with van der Waals surface area (Å²) in [7, 11) is 0. The van der Waals surface area contributed by atoms with Gasteiger partial charge in [-0.25, -0.2) is 0 Å². The van der Waals surface area contributed by atoms with Crippen molar-refractivity contribution in [3.05, 3.63) is 14.9 Å². The van der Waals surface area contributed by atoms with Crippen LogP contribution >= 0.6 is 13.5 Å². The highest BCUT2D eigenvalue weighted by molar-refractivity contribution is 7.59. The van der Waals surface area contributed by atoms with Crippen molar-refractivity contribution in [2.24, 2.45) is 0 Å². The van der Waals surface area contributed by atoms with Gasteiger partial charge in [-0.1, -0.05) is 0 Å². The molecule has 3 heteroatoms. The van der Waals surface area contributed by atoms with Crippen LogP contribution in [0.25, 0.3) is 0 Å². The molecule has 0 rings (SSSR count). The van der Waals surface area contributed by atoms with Crippen molar-refractivity contribution in [2.45, 2.75) is 0 Å². The highest BCUT2D eigenvalue weighted by Gasteiger charge is 0.00400. The second-order valence-corrected chi connectivity index (χ2v) is 0. The number of hydrogen-bond donors (Lipinski definition) is 0. The van der Waals surface area contributed by atoms with Crippen molar-refractivity contribution in [2.75, 3.05) is 0 Å². The zero-order chi connectivity index (χ0) is 0. The topological polar surface area (TPSA) is 57.0 Å². The van der Waals surface area contributed by atoms with Crippen molar-refractivity contribution in [1.29, 1.82) is 0 Å². The lowest BCUT2D eigenvalue weighted by Crippen LogP contribution is -0.120. The Morgan fingerprint density at radius 1 is 0.600 bits per heavy atom. The van der Waals surface area contributed by atoms with E-state index in [2.05, 4.69) is 0 Å². The highest BCUT2D eigenvalue weighted by atomic mass is 32.1. The summed E-state index contributed by atoms with van der Waals surface area (Å²) in [5.74, 6) is 0. The fourth-order valence-electron chi connectivity index (χ4n) is 0. The summed E-state index contributed by atoms with van der Waals surface area (Å²) in [6.45, 7) is 0. The van der Waals surface area contributed by atoms with Crippen LogP contribution in [0.3, 0.4) is 0 Å². The summed E-state index contributed by atoms with van der Waals surface area (Å²) in [5.41, 5.74) is 0. The van der Waals surface area contributed by atoms with E-state index in [1.54, 1.807) is 0 Å². The molecule has 0 aromatic carbocycles. The molecule has 0 aliphatic rings. The summed E-state index contributed by atoms with van der Waals surface area (Å²) in [6, 6.07) is 0. The fraction of sp³-hybridized carbons (Fsp3) is 0. The summed E-state index contributed by atoms with van der Waals surface area (Å²) in [5, 5.41) is 0. The van der Waals surface area contributed by atoms with Crippen molar-refractivity contribution >= 4 is 13.5 Å². The Morgan fingerprint density at radius 3 is 0.600 bits per heavy atom. The zero-order valence-corrected chi connectivity index (χ0v) is 3.04. The van der Waals surface area contributed by atoms with Gasteiger partial charge in [-0.3, -0.25) is 0 Å². The largest absolute Gasteiger partial charge is 0 e. The molecule has 2 nitrogen and oxygen atoms in total. The van der Waals surface area contributed by atoms with Gasteiger partial charge in [0.2, 0.25) is 0 Å². The van der Waals surface area contributed by atoms with E-state index >= 15 is 0 Å². The van der Waals surface area contributed by atoms with Gasteiger partial charge in [0.25, 0.3) is 0 Å². The first-order valence-electron chi connectivity index (χ1n) is 0. The van der Waals surface area contributed by atoms with Crippen LogP contribution in [-0.2, 0) is 11.0 Å². The van der Waals surface area contributed by atoms with E-state index in [9.17, 15) is 0 Å². The Hall–Kier alpha value is 0.270. The molecule has 0 atom stereocenters. The van der Waals surface area contributed by atoms with Gasteiger partial charge >= 0.3 is 0 Å². The molecule has 0 heterocycles. The monoisotopic (exact) mass is 88.0 g/mol. The van der Waals surface area contributed by atoms with Crippen LogP contribution in [0.4, 0.5) is 0 Å². The van der Waals surface area contributed by atoms with E-state index < -0.39 is 0 Å². The minimum absolute atomic E-state index is 0. The molecule has 0 saturated heterocycles. The second-order valence-electron chi connectivity index (χ2n) is 0. The fourth-order valence-corrected chi connectivity index (χ4v) is 0. The molecule has 0 aromatic heterocycles.